The second-order valence-electron chi connectivity index (χ2n) is 5.19. The van der Waals surface area contributed by atoms with Crippen molar-refractivity contribution in [1.29, 1.82) is 0 Å². The first-order valence-electron chi connectivity index (χ1n) is 6.89. The molecule has 1 unspecified atom stereocenters. The van der Waals surface area contributed by atoms with Gasteiger partial charge in [0.1, 0.15) is 5.54 Å². The Bertz CT molecular complexity index is 249. The summed E-state index contributed by atoms with van der Waals surface area (Å²) < 4.78 is 9.91. The van der Waals surface area contributed by atoms with Crippen molar-refractivity contribution in [3.8, 4) is 0 Å². The SMILES string of the molecule is COCCCSCCCC(C)(NC(C)C)C(=O)OC. The Morgan fingerprint density at radius 3 is 2.42 bits per heavy atom. The zero-order valence-electron chi connectivity index (χ0n) is 13.0. The fourth-order valence-electron chi connectivity index (χ4n) is 2.03. The molecule has 1 atom stereocenters. The van der Waals surface area contributed by atoms with E-state index in [2.05, 4.69) is 5.32 Å². The van der Waals surface area contributed by atoms with Gasteiger partial charge >= 0.3 is 5.97 Å². The van der Waals surface area contributed by atoms with Crippen LogP contribution in [0.1, 0.15) is 40.0 Å². The Morgan fingerprint density at radius 2 is 1.89 bits per heavy atom. The number of ether oxygens (including phenoxy) is 2. The topological polar surface area (TPSA) is 47.6 Å². The van der Waals surface area contributed by atoms with E-state index in [9.17, 15) is 4.79 Å². The van der Waals surface area contributed by atoms with E-state index in [1.54, 1.807) is 7.11 Å². The maximum Gasteiger partial charge on any atom is 0.325 e. The van der Waals surface area contributed by atoms with Crippen molar-refractivity contribution >= 4 is 17.7 Å². The largest absolute Gasteiger partial charge is 0.468 e. The molecule has 0 bridgehead atoms. The number of carbonyl (C=O) groups is 1. The van der Waals surface area contributed by atoms with E-state index in [1.165, 1.54) is 7.11 Å². The van der Waals surface area contributed by atoms with E-state index in [0.29, 0.717) is 0 Å². The Morgan fingerprint density at radius 1 is 1.26 bits per heavy atom. The predicted molar refractivity (Wildman–Crippen MR) is 81.7 cm³/mol. The van der Waals surface area contributed by atoms with Gasteiger partial charge in [0, 0.05) is 19.8 Å². The van der Waals surface area contributed by atoms with Crippen LogP contribution in [0.3, 0.4) is 0 Å². The van der Waals surface area contributed by atoms with Gasteiger partial charge in [-0.25, -0.2) is 0 Å². The molecule has 0 aliphatic heterocycles. The Balaban J connectivity index is 3.97. The molecule has 0 aliphatic rings. The average molecular weight is 291 g/mol. The number of hydrogen-bond acceptors (Lipinski definition) is 5. The number of hydrogen-bond donors (Lipinski definition) is 1. The van der Waals surface area contributed by atoms with Crippen LogP contribution >= 0.6 is 11.8 Å². The van der Waals surface area contributed by atoms with Gasteiger partial charge < -0.3 is 9.47 Å². The van der Waals surface area contributed by atoms with E-state index >= 15 is 0 Å². The van der Waals surface area contributed by atoms with Crippen molar-refractivity contribution in [3.05, 3.63) is 0 Å². The molecule has 0 amide bonds. The molecule has 0 radical (unpaired) electrons. The van der Waals surface area contributed by atoms with Crippen LogP contribution in [0.15, 0.2) is 0 Å². The molecule has 5 heteroatoms. The number of carbonyl (C=O) groups excluding carboxylic acids is 1. The van der Waals surface area contributed by atoms with Gasteiger partial charge in [0.25, 0.3) is 0 Å². The van der Waals surface area contributed by atoms with Gasteiger partial charge in [0.2, 0.25) is 0 Å². The van der Waals surface area contributed by atoms with E-state index in [-0.39, 0.29) is 12.0 Å². The molecule has 0 fully saturated rings. The monoisotopic (exact) mass is 291 g/mol. The summed E-state index contributed by atoms with van der Waals surface area (Å²) in [5.74, 6) is 2.00. The van der Waals surface area contributed by atoms with Crippen molar-refractivity contribution < 1.29 is 14.3 Å². The average Bonchev–Trinajstić information content (AvgIpc) is 2.35. The summed E-state index contributed by atoms with van der Waals surface area (Å²) in [4.78, 5) is 11.9. The molecular formula is C14H29NO3S. The zero-order valence-corrected chi connectivity index (χ0v) is 13.8. The van der Waals surface area contributed by atoms with Gasteiger partial charge in [0.15, 0.2) is 0 Å². The van der Waals surface area contributed by atoms with Gasteiger partial charge in [-0.05, 0) is 51.5 Å². The number of nitrogens with one attached hydrogen (secondary N) is 1. The van der Waals surface area contributed by atoms with E-state index in [1.807, 2.05) is 32.5 Å². The molecule has 0 saturated carbocycles. The molecule has 4 nitrogen and oxygen atoms in total. The maximum absolute atomic E-state index is 11.9. The van der Waals surface area contributed by atoms with Gasteiger partial charge in [-0.15, -0.1) is 0 Å². The lowest BCUT2D eigenvalue weighted by molar-refractivity contribution is -0.148. The minimum absolute atomic E-state index is 0.175. The molecule has 1 N–H and O–H groups in total. The fourth-order valence-corrected chi connectivity index (χ4v) is 2.91. The van der Waals surface area contributed by atoms with Crippen LogP contribution in [0.25, 0.3) is 0 Å². The molecule has 0 aromatic heterocycles. The summed E-state index contributed by atoms with van der Waals surface area (Å²) in [5, 5.41) is 3.31. The minimum atomic E-state index is -0.573. The van der Waals surface area contributed by atoms with Crippen molar-refractivity contribution in [2.75, 3.05) is 32.3 Å². The number of rotatable bonds is 11. The summed E-state index contributed by atoms with van der Waals surface area (Å²) in [7, 11) is 3.17. The maximum atomic E-state index is 11.9. The first-order valence-corrected chi connectivity index (χ1v) is 8.04. The van der Waals surface area contributed by atoms with Gasteiger partial charge in [0.05, 0.1) is 7.11 Å². The minimum Gasteiger partial charge on any atom is -0.468 e. The van der Waals surface area contributed by atoms with E-state index < -0.39 is 5.54 Å². The second kappa shape index (κ2) is 10.5. The van der Waals surface area contributed by atoms with Crippen LogP contribution in [0.2, 0.25) is 0 Å². The van der Waals surface area contributed by atoms with E-state index in [0.717, 1.165) is 37.4 Å². The number of esters is 1. The summed E-state index contributed by atoms with van der Waals surface area (Å²) in [6.45, 7) is 6.83. The molecule has 0 aromatic carbocycles. The Kier molecular flexibility index (Phi) is 10.4. The molecule has 114 valence electrons. The zero-order chi connectivity index (χ0) is 14.7. The predicted octanol–water partition coefficient (Wildman–Crippen LogP) is 2.47. The third-order valence-electron chi connectivity index (χ3n) is 2.85. The molecule has 0 spiro atoms. The van der Waals surface area contributed by atoms with Gasteiger partial charge in [-0.1, -0.05) is 0 Å². The van der Waals surface area contributed by atoms with Crippen LogP contribution < -0.4 is 5.32 Å². The fraction of sp³-hybridized carbons (Fsp3) is 0.929. The van der Waals surface area contributed by atoms with Crippen molar-refractivity contribution in [2.24, 2.45) is 0 Å². The van der Waals surface area contributed by atoms with Gasteiger partial charge in [-0.2, -0.15) is 11.8 Å². The lowest BCUT2D eigenvalue weighted by atomic mass is 9.95. The molecular weight excluding hydrogens is 262 g/mol. The highest BCUT2D eigenvalue weighted by Gasteiger charge is 2.33. The highest BCUT2D eigenvalue weighted by Crippen LogP contribution is 2.18. The van der Waals surface area contributed by atoms with Crippen LogP contribution in [-0.2, 0) is 14.3 Å². The molecule has 0 aromatic rings. The standard InChI is InChI=1S/C14H29NO3S/c1-12(2)15-14(3,13(16)18-5)8-6-10-19-11-7-9-17-4/h12,15H,6-11H2,1-5H3. The number of thioether (sulfide) groups is 1. The van der Waals surface area contributed by atoms with E-state index in [4.69, 9.17) is 9.47 Å². The van der Waals surface area contributed by atoms with Crippen LogP contribution in [0.5, 0.6) is 0 Å². The van der Waals surface area contributed by atoms with Crippen molar-refractivity contribution in [2.45, 2.75) is 51.6 Å². The second-order valence-corrected chi connectivity index (χ2v) is 6.41. The molecule has 0 rings (SSSR count). The Labute approximate surface area is 122 Å². The lowest BCUT2D eigenvalue weighted by Gasteiger charge is -2.30. The van der Waals surface area contributed by atoms with Crippen molar-refractivity contribution in [1.82, 2.24) is 5.32 Å². The highest BCUT2D eigenvalue weighted by atomic mass is 32.2. The summed E-state index contributed by atoms with van der Waals surface area (Å²) >= 11 is 1.91. The van der Waals surface area contributed by atoms with Gasteiger partial charge in [-0.3, -0.25) is 10.1 Å². The molecule has 19 heavy (non-hydrogen) atoms. The summed E-state index contributed by atoms with van der Waals surface area (Å²) in [5.41, 5.74) is -0.573. The molecule has 0 saturated heterocycles. The quantitative estimate of drug-likeness (QED) is 0.468. The van der Waals surface area contributed by atoms with Crippen LogP contribution in [-0.4, -0.2) is 49.9 Å². The third kappa shape index (κ3) is 8.50. The lowest BCUT2D eigenvalue weighted by Crippen LogP contribution is -2.53. The van der Waals surface area contributed by atoms with Crippen molar-refractivity contribution in [3.63, 3.8) is 0 Å². The Hall–Kier alpha value is -0.260. The van der Waals surface area contributed by atoms with Crippen LogP contribution in [0.4, 0.5) is 0 Å². The first-order chi connectivity index (χ1) is 8.96. The summed E-state index contributed by atoms with van der Waals surface area (Å²) in [6, 6.07) is 0.262. The normalized spacial score (nSPS) is 14.4. The van der Waals surface area contributed by atoms with Crippen LogP contribution in [0, 0.1) is 0 Å². The summed E-state index contributed by atoms with van der Waals surface area (Å²) in [6.07, 6.45) is 2.89. The third-order valence-corrected chi connectivity index (χ3v) is 4.00. The molecule has 0 heterocycles. The molecule has 0 aliphatic carbocycles. The number of methoxy groups -OCH3 is 2. The first kappa shape index (κ1) is 18.7. The highest BCUT2D eigenvalue weighted by molar-refractivity contribution is 7.99. The smallest absolute Gasteiger partial charge is 0.325 e.